The highest BCUT2D eigenvalue weighted by molar-refractivity contribution is 5.85. The summed E-state index contributed by atoms with van der Waals surface area (Å²) in [5.74, 6) is 0.762. The van der Waals surface area contributed by atoms with E-state index in [4.69, 9.17) is 9.47 Å². The number of fused-ring (bicyclic) bond motifs is 2. The molecule has 1 atom stereocenters. The van der Waals surface area contributed by atoms with Crippen molar-refractivity contribution in [2.24, 2.45) is 0 Å². The Morgan fingerprint density at radius 1 is 0.879 bits per heavy atom. The van der Waals surface area contributed by atoms with E-state index in [1.54, 1.807) is 0 Å². The van der Waals surface area contributed by atoms with Crippen molar-refractivity contribution >= 4 is 5.97 Å². The molecular formula is C28H30N2O3. The van der Waals surface area contributed by atoms with E-state index in [1.807, 2.05) is 48.5 Å². The third-order valence-corrected chi connectivity index (χ3v) is 6.58. The lowest BCUT2D eigenvalue weighted by molar-refractivity contribution is -0.162. The van der Waals surface area contributed by atoms with Gasteiger partial charge in [0.2, 0.25) is 0 Å². The van der Waals surface area contributed by atoms with E-state index in [0.29, 0.717) is 0 Å². The van der Waals surface area contributed by atoms with Gasteiger partial charge in [0.05, 0.1) is 0 Å². The van der Waals surface area contributed by atoms with Gasteiger partial charge in [0.25, 0.3) is 0 Å². The van der Waals surface area contributed by atoms with Crippen LogP contribution in [0.25, 0.3) is 0 Å². The maximum absolute atomic E-state index is 13.5. The number of ether oxygens (including phenoxy) is 2. The quantitative estimate of drug-likeness (QED) is 0.502. The fourth-order valence-corrected chi connectivity index (χ4v) is 4.83. The summed E-state index contributed by atoms with van der Waals surface area (Å²) >= 11 is 0. The monoisotopic (exact) mass is 442 g/mol. The Bertz CT molecular complexity index is 1050. The number of carbonyl (C=O) groups is 1. The molecule has 2 aliphatic heterocycles. The second kappa shape index (κ2) is 9.77. The summed E-state index contributed by atoms with van der Waals surface area (Å²) < 4.78 is 12.2. The van der Waals surface area contributed by atoms with Crippen LogP contribution in [0.5, 0.6) is 11.5 Å². The normalized spacial score (nSPS) is 17.5. The van der Waals surface area contributed by atoms with E-state index in [0.717, 1.165) is 61.8 Å². The first kappa shape index (κ1) is 21.7. The van der Waals surface area contributed by atoms with Gasteiger partial charge in [-0.05, 0) is 24.1 Å². The van der Waals surface area contributed by atoms with Gasteiger partial charge < -0.3 is 9.47 Å². The molecule has 1 fully saturated rings. The summed E-state index contributed by atoms with van der Waals surface area (Å²) in [5, 5.41) is 0. The van der Waals surface area contributed by atoms with Crippen LogP contribution < -0.4 is 4.74 Å². The van der Waals surface area contributed by atoms with Crippen molar-refractivity contribution in [1.29, 1.82) is 0 Å². The molecule has 0 radical (unpaired) electrons. The smallest absolute Gasteiger partial charge is 0.319 e. The number of nitrogens with zero attached hydrogens (tertiary/aromatic N) is 2. The highest BCUT2D eigenvalue weighted by atomic mass is 16.6. The van der Waals surface area contributed by atoms with E-state index >= 15 is 0 Å². The fourth-order valence-electron chi connectivity index (χ4n) is 4.83. The largest absolute Gasteiger partial charge is 0.457 e. The highest BCUT2D eigenvalue weighted by Crippen LogP contribution is 2.44. The molecule has 0 spiro atoms. The van der Waals surface area contributed by atoms with Crippen molar-refractivity contribution in [2.75, 3.05) is 26.2 Å². The Morgan fingerprint density at radius 3 is 2.06 bits per heavy atom. The zero-order valence-electron chi connectivity index (χ0n) is 19.0. The summed E-state index contributed by atoms with van der Waals surface area (Å²) in [6.45, 7) is 6.75. The molecule has 0 aliphatic carbocycles. The Kier molecular flexibility index (Phi) is 6.42. The number of para-hydroxylation sites is 2. The molecule has 0 N–H and O–H groups in total. The molecule has 3 aromatic carbocycles. The van der Waals surface area contributed by atoms with E-state index in [1.165, 1.54) is 5.56 Å². The average Bonchev–Trinajstić information content (AvgIpc) is 2.87. The lowest BCUT2D eigenvalue weighted by Crippen LogP contribution is -2.51. The van der Waals surface area contributed by atoms with Gasteiger partial charge in [-0.15, -0.1) is 0 Å². The minimum absolute atomic E-state index is 0.211. The molecule has 3 aromatic rings. The predicted octanol–water partition coefficient (Wildman–Crippen LogP) is 5.02. The highest BCUT2D eigenvalue weighted by Gasteiger charge is 2.36. The third-order valence-electron chi connectivity index (χ3n) is 6.58. The van der Waals surface area contributed by atoms with Crippen molar-refractivity contribution in [1.82, 2.24) is 9.80 Å². The first-order valence-electron chi connectivity index (χ1n) is 11.8. The Morgan fingerprint density at radius 2 is 1.45 bits per heavy atom. The van der Waals surface area contributed by atoms with E-state index in [-0.39, 0.29) is 12.2 Å². The van der Waals surface area contributed by atoms with Crippen molar-refractivity contribution in [2.45, 2.75) is 32.0 Å². The Balaban J connectivity index is 1.27. The van der Waals surface area contributed by atoms with Gasteiger partial charge in [0, 0.05) is 43.9 Å². The summed E-state index contributed by atoms with van der Waals surface area (Å²) in [7, 11) is 0. The van der Waals surface area contributed by atoms with Crippen LogP contribution in [-0.2, 0) is 16.1 Å². The number of rotatable bonds is 6. The summed E-state index contributed by atoms with van der Waals surface area (Å²) in [5.41, 5.74) is 3.06. The topological polar surface area (TPSA) is 42.0 Å². The van der Waals surface area contributed by atoms with Crippen molar-refractivity contribution < 1.29 is 14.3 Å². The minimum Gasteiger partial charge on any atom is -0.457 e. The molecule has 0 aromatic heterocycles. The number of esters is 1. The molecule has 0 amide bonds. The van der Waals surface area contributed by atoms with Gasteiger partial charge in [-0.1, -0.05) is 73.7 Å². The first-order chi connectivity index (χ1) is 16.2. The molecule has 5 heteroatoms. The van der Waals surface area contributed by atoms with Gasteiger partial charge >= 0.3 is 5.97 Å². The van der Waals surface area contributed by atoms with Gasteiger partial charge in [-0.3, -0.25) is 14.6 Å². The second-order valence-corrected chi connectivity index (χ2v) is 8.71. The van der Waals surface area contributed by atoms with Crippen molar-refractivity contribution in [3.8, 4) is 11.5 Å². The molecule has 0 bridgehead atoms. The predicted molar refractivity (Wildman–Crippen MR) is 128 cm³/mol. The summed E-state index contributed by atoms with van der Waals surface area (Å²) in [6, 6.07) is 26.1. The fraction of sp³-hybridized carbons (Fsp3) is 0.321. The van der Waals surface area contributed by atoms with Crippen LogP contribution in [0.4, 0.5) is 0 Å². The third kappa shape index (κ3) is 4.65. The SMILES string of the molecule is CCC(OC(=O)C1c2ccccc2Oc2ccccc21)N1CCN(Cc2ccccc2)CC1. The summed E-state index contributed by atoms with van der Waals surface area (Å²) in [4.78, 5) is 18.3. The maximum Gasteiger partial charge on any atom is 0.319 e. The molecule has 33 heavy (non-hydrogen) atoms. The lowest BCUT2D eigenvalue weighted by Gasteiger charge is -2.39. The molecule has 170 valence electrons. The molecule has 5 rings (SSSR count). The summed E-state index contributed by atoms with van der Waals surface area (Å²) in [6.07, 6.45) is 0.537. The Labute approximate surface area is 195 Å². The molecule has 1 saturated heterocycles. The molecular weight excluding hydrogens is 412 g/mol. The Hall–Kier alpha value is -3.15. The second-order valence-electron chi connectivity index (χ2n) is 8.71. The van der Waals surface area contributed by atoms with Crippen LogP contribution in [0.1, 0.15) is 36.0 Å². The molecule has 1 unspecified atom stereocenters. The van der Waals surface area contributed by atoms with Crippen LogP contribution in [-0.4, -0.2) is 48.2 Å². The van der Waals surface area contributed by atoms with Gasteiger partial charge in [-0.2, -0.15) is 0 Å². The van der Waals surface area contributed by atoms with Crippen molar-refractivity contribution in [3.05, 3.63) is 95.6 Å². The van der Waals surface area contributed by atoms with Crippen LogP contribution >= 0.6 is 0 Å². The molecule has 0 saturated carbocycles. The van der Waals surface area contributed by atoms with Crippen LogP contribution in [0.15, 0.2) is 78.9 Å². The number of piperazine rings is 1. The first-order valence-corrected chi connectivity index (χ1v) is 11.8. The van der Waals surface area contributed by atoms with Gasteiger partial charge in [0.15, 0.2) is 6.23 Å². The number of hydrogen-bond donors (Lipinski definition) is 0. The van der Waals surface area contributed by atoms with E-state index < -0.39 is 5.92 Å². The maximum atomic E-state index is 13.5. The van der Waals surface area contributed by atoms with Crippen LogP contribution in [0, 0.1) is 0 Å². The van der Waals surface area contributed by atoms with Crippen LogP contribution in [0.3, 0.4) is 0 Å². The number of carbonyl (C=O) groups excluding carboxylic acids is 1. The molecule has 2 heterocycles. The zero-order valence-corrected chi connectivity index (χ0v) is 19.0. The van der Waals surface area contributed by atoms with E-state index in [9.17, 15) is 4.79 Å². The van der Waals surface area contributed by atoms with Gasteiger partial charge in [0.1, 0.15) is 17.4 Å². The minimum atomic E-state index is -0.473. The van der Waals surface area contributed by atoms with E-state index in [2.05, 4.69) is 47.1 Å². The number of benzene rings is 3. The lowest BCUT2D eigenvalue weighted by atomic mass is 9.88. The van der Waals surface area contributed by atoms with Crippen LogP contribution in [0.2, 0.25) is 0 Å². The van der Waals surface area contributed by atoms with Crippen molar-refractivity contribution in [3.63, 3.8) is 0 Å². The number of hydrogen-bond acceptors (Lipinski definition) is 5. The van der Waals surface area contributed by atoms with Gasteiger partial charge in [-0.25, -0.2) is 0 Å². The zero-order chi connectivity index (χ0) is 22.6. The molecule has 2 aliphatic rings. The molecule has 5 nitrogen and oxygen atoms in total. The standard InChI is InChI=1S/C28H30N2O3/c1-2-26(30-18-16-29(17-19-30)20-21-10-4-3-5-11-21)33-28(31)27-22-12-6-8-14-24(22)32-25-15-9-7-13-23(25)27/h3-15,26-27H,2,16-20H2,1H3. The average molecular weight is 443 g/mol.